The standard InChI is InChI=1S/C29H31N3O3/c1-20-8-10-22(11-9-20)29(33)30-26-24-6-4-5-7-25(24)35-28(26)27(32-18-16-31(2)17-19-32)21-12-14-23(34-3)15-13-21/h4-15,27H,16-19H2,1-3H3,(H,30,33). The van der Waals surface area contributed by atoms with Crippen LogP contribution in [0.3, 0.4) is 0 Å². The third-order valence-electron chi connectivity index (χ3n) is 6.76. The van der Waals surface area contributed by atoms with Crippen molar-refractivity contribution in [1.29, 1.82) is 0 Å². The predicted octanol–water partition coefficient (Wildman–Crippen LogP) is 5.34. The Morgan fingerprint density at radius 3 is 2.31 bits per heavy atom. The Balaban J connectivity index is 1.60. The van der Waals surface area contributed by atoms with E-state index in [1.165, 1.54) is 0 Å². The van der Waals surface area contributed by atoms with E-state index >= 15 is 0 Å². The summed E-state index contributed by atoms with van der Waals surface area (Å²) >= 11 is 0. The van der Waals surface area contributed by atoms with Gasteiger partial charge in [0.1, 0.15) is 17.1 Å². The number of anilines is 1. The van der Waals surface area contributed by atoms with Gasteiger partial charge in [-0.1, -0.05) is 42.0 Å². The normalized spacial score (nSPS) is 15.7. The number of piperazine rings is 1. The molecule has 1 amide bonds. The summed E-state index contributed by atoms with van der Waals surface area (Å²) in [7, 11) is 3.82. The summed E-state index contributed by atoms with van der Waals surface area (Å²) in [6.07, 6.45) is 0. The van der Waals surface area contributed by atoms with E-state index in [-0.39, 0.29) is 11.9 Å². The zero-order valence-electron chi connectivity index (χ0n) is 20.5. The molecule has 1 fully saturated rings. The van der Waals surface area contributed by atoms with Crippen molar-refractivity contribution in [1.82, 2.24) is 9.80 Å². The van der Waals surface area contributed by atoms with Crippen LogP contribution >= 0.6 is 0 Å². The van der Waals surface area contributed by atoms with Crippen LogP contribution in [0, 0.1) is 6.92 Å². The number of likely N-dealkylation sites (N-methyl/N-ethyl adjacent to an activating group) is 1. The number of nitrogens with zero attached hydrogens (tertiary/aromatic N) is 2. The highest BCUT2D eigenvalue weighted by Gasteiger charge is 2.32. The first-order chi connectivity index (χ1) is 17.0. The SMILES string of the molecule is COc1ccc(C(c2oc3ccccc3c2NC(=O)c2ccc(C)cc2)N2CCN(C)CC2)cc1. The van der Waals surface area contributed by atoms with Crippen LogP contribution in [0.1, 0.15) is 33.3 Å². The van der Waals surface area contributed by atoms with Gasteiger partial charge in [0, 0.05) is 37.1 Å². The van der Waals surface area contributed by atoms with Gasteiger partial charge in [0.2, 0.25) is 0 Å². The average molecular weight is 470 g/mol. The quantitative estimate of drug-likeness (QED) is 0.413. The van der Waals surface area contributed by atoms with Crippen LogP contribution in [0.5, 0.6) is 5.75 Å². The Hall–Kier alpha value is -3.61. The Labute approximate surface area is 206 Å². The Morgan fingerprint density at radius 2 is 1.63 bits per heavy atom. The lowest BCUT2D eigenvalue weighted by atomic mass is 9.99. The molecule has 180 valence electrons. The number of rotatable bonds is 6. The highest BCUT2D eigenvalue weighted by atomic mass is 16.5. The molecule has 2 heterocycles. The molecule has 3 aromatic carbocycles. The first-order valence-electron chi connectivity index (χ1n) is 12.0. The van der Waals surface area contributed by atoms with Gasteiger partial charge in [-0.25, -0.2) is 0 Å². The van der Waals surface area contributed by atoms with Gasteiger partial charge in [0.15, 0.2) is 0 Å². The lowest BCUT2D eigenvalue weighted by Gasteiger charge is -2.37. The van der Waals surface area contributed by atoms with Gasteiger partial charge in [0.05, 0.1) is 18.8 Å². The minimum atomic E-state index is -0.148. The molecule has 1 atom stereocenters. The zero-order chi connectivity index (χ0) is 24.4. The number of furan rings is 1. The molecule has 6 nitrogen and oxygen atoms in total. The predicted molar refractivity (Wildman–Crippen MR) is 139 cm³/mol. The molecule has 1 aromatic heterocycles. The zero-order valence-corrected chi connectivity index (χ0v) is 20.5. The number of hydrogen-bond donors (Lipinski definition) is 1. The topological polar surface area (TPSA) is 58.0 Å². The molecule has 0 bridgehead atoms. The number of aryl methyl sites for hydroxylation is 1. The van der Waals surface area contributed by atoms with Crippen molar-refractivity contribution in [3.05, 3.63) is 95.2 Å². The Morgan fingerprint density at radius 1 is 0.943 bits per heavy atom. The fraction of sp³-hybridized carbons (Fsp3) is 0.276. The first kappa shape index (κ1) is 23.1. The molecule has 0 spiro atoms. The molecule has 0 saturated carbocycles. The van der Waals surface area contributed by atoms with Crippen molar-refractivity contribution in [2.75, 3.05) is 45.7 Å². The Bertz CT molecular complexity index is 1300. The van der Waals surface area contributed by atoms with Crippen LogP contribution < -0.4 is 10.1 Å². The molecular weight excluding hydrogens is 438 g/mol. The maximum absolute atomic E-state index is 13.3. The minimum Gasteiger partial charge on any atom is -0.497 e. The van der Waals surface area contributed by atoms with Crippen LogP contribution in [0.25, 0.3) is 11.0 Å². The number of nitrogens with one attached hydrogen (secondary N) is 1. The van der Waals surface area contributed by atoms with Crippen molar-refractivity contribution < 1.29 is 13.9 Å². The third kappa shape index (κ3) is 4.81. The summed E-state index contributed by atoms with van der Waals surface area (Å²) in [4.78, 5) is 18.1. The molecule has 1 saturated heterocycles. The fourth-order valence-corrected chi connectivity index (χ4v) is 4.67. The number of hydrogen-bond acceptors (Lipinski definition) is 5. The summed E-state index contributed by atoms with van der Waals surface area (Å²) in [6, 6.07) is 23.5. The monoisotopic (exact) mass is 469 g/mol. The molecule has 1 aliphatic heterocycles. The van der Waals surface area contributed by atoms with Crippen molar-refractivity contribution >= 4 is 22.6 Å². The molecule has 1 N–H and O–H groups in total. The molecule has 1 unspecified atom stereocenters. The van der Waals surface area contributed by atoms with Crippen LogP contribution in [-0.4, -0.2) is 56.0 Å². The first-order valence-corrected chi connectivity index (χ1v) is 12.0. The smallest absolute Gasteiger partial charge is 0.255 e. The minimum absolute atomic E-state index is 0.143. The van der Waals surface area contributed by atoms with E-state index in [0.29, 0.717) is 5.56 Å². The van der Waals surface area contributed by atoms with Crippen molar-refractivity contribution in [3.63, 3.8) is 0 Å². The van der Waals surface area contributed by atoms with Crippen molar-refractivity contribution in [2.24, 2.45) is 0 Å². The summed E-state index contributed by atoms with van der Waals surface area (Å²) in [5, 5.41) is 4.09. The van der Waals surface area contributed by atoms with Crippen molar-refractivity contribution in [2.45, 2.75) is 13.0 Å². The van der Waals surface area contributed by atoms with Crippen LogP contribution in [0.4, 0.5) is 5.69 Å². The highest BCUT2D eigenvalue weighted by molar-refractivity contribution is 6.09. The number of fused-ring (bicyclic) bond motifs is 1. The maximum Gasteiger partial charge on any atom is 0.255 e. The lowest BCUT2D eigenvalue weighted by molar-refractivity contribution is 0.102. The number of para-hydroxylation sites is 1. The average Bonchev–Trinajstić information content (AvgIpc) is 3.24. The van der Waals surface area contributed by atoms with Gasteiger partial charge >= 0.3 is 0 Å². The maximum atomic E-state index is 13.3. The van der Waals surface area contributed by atoms with E-state index < -0.39 is 0 Å². The van der Waals surface area contributed by atoms with Crippen LogP contribution in [0.2, 0.25) is 0 Å². The van der Waals surface area contributed by atoms with E-state index in [1.807, 2.05) is 67.6 Å². The summed E-state index contributed by atoms with van der Waals surface area (Å²) in [5.74, 6) is 1.41. The molecule has 0 radical (unpaired) electrons. The lowest BCUT2D eigenvalue weighted by Crippen LogP contribution is -2.46. The van der Waals surface area contributed by atoms with E-state index in [4.69, 9.17) is 9.15 Å². The van der Waals surface area contributed by atoms with Gasteiger partial charge < -0.3 is 19.4 Å². The number of amides is 1. The third-order valence-corrected chi connectivity index (χ3v) is 6.76. The molecule has 6 heteroatoms. The fourth-order valence-electron chi connectivity index (χ4n) is 4.67. The van der Waals surface area contributed by atoms with Gasteiger partial charge in [-0.05, 0) is 55.9 Å². The summed E-state index contributed by atoms with van der Waals surface area (Å²) < 4.78 is 11.9. The van der Waals surface area contributed by atoms with Crippen LogP contribution in [0.15, 0.2) is 77.2 Å². The molecule has 5 rings (SSSR count). The van der Waals surface area contributed by atoms with E-state index in [0.717, 1.165) is 65.5 Å². The number of carbonyl (C=O) groups excluding carboxylic acids is 1. The van der Waals surface area contributed by atoms with E-state index in [9.17, 15) is 4.79 Å². The molecule has 4 aromatic rings. The largest absolute Gasteiger partial charge is 0.497 e. The van der Waals surface area contributed by atoms with Gasteiger partial charge in [-0.3, -0.25) is 9.69 Å². The van der Waals surface area contributed by atoms with E-state index in [2.05, 4.69) is 34.3 Å². The summed E-state index contributed by atoms with van der Waals surface area (Å²) in [6.45, 7) is 5.75. The second kappa shape index (κ2) is 9.94. The highest BCUT2D eigenvalue weighted by Crippen LogP contribution is 2.41. The van der Waals surface area contributed by atoms with Crippen molar-refractivity contribution in [3.8, 4) is 5.75 Å². The van der Waals surface area contributed by atoms with Crippen LogP contribution in [-0.2, 0) is 0 Å². The second-order valence-corrected chi connectivity index (χ2v) is 9.17. The number of ether oxygens (including phenoxy) is 1. The molecule has 35 heavy (non-hydrogen) atoms. The van der Waals surface area contributed by atoms with Gasteiger partial charge in [-0.2, -0.15) is 0 Å². The molecular formula is C29H31N3O3. The number of carbonyl (C=O) groups is 1. The van der Waals surface area contributed by atoms with Gasteiger partial charge in [0.25, 0.3) is 5.91 Å². The van der Waals surface area contributed by atoms with E-state index in [1.54, 1.807) is 7.11 Å². The number of methoxy groups -OCH3 is 1. The summed E-state index contributed by atoms with van der Waals surface area (Å²) in [5.41, 5.74) is 4.32. The molecule has 0 aliphatic carbocycles. The second-order valence-electron chi connectivity index (χ2n) is 9.17. The Kier molecular flexibility index (Phi) is 6.57. The van der Waals surface area contributed by atoms with Gasteiger partial charge in [-0.15, -0.1) is 0 Å². The number of benzene rings is 3. The molecule has 1 aliphatic rings.